The second kappa shape index (κ2) is 8.36. The molecule has 1 heterocycles. The Hall–Kier alpha value is -1.53. The van der Waals surface area contributed by atoms with Crippen LogP contribution >= 0.6 is 0 Å². The summed E-state index contributed by atoms with van der Waals surface area (Å²) in [4.78, 5) is 25.6. The molecule has 1 aliphatic heterocycles. The molecule has 0 aromatic rings. The molecule has 6 nitrogen and oxygen atoms in total. The van der Waals surface area contributed by atoms with E-state index in [0.29, 0.717) is 12.2 Å². The molecule has 23 heavy (non-hydrogen) atoms. The molecule has 1 fully saturated rings. The third-order valence-electron chi connectivity index (χ3n) is 3.07. The van der Waals surface area contributed by atoms with Gasteiger partial charge in [0.25, 0.3) is 0 Å². The molecule has 0 aromatic carbocycles. The van der Waals surface area contributed by atoms with Gasteiger partial charge in [-0.1, -0.05) is 0 Å². The summed E-state index contributed by atoms with van der Waals surface area (Å²) in [7, 11) is 1.28. The van der Waals surface area contributed by atoms with Crippen LogP contribution in [0.1, 0.15) is 27.2 Å². The molecule has 0 spiro atoms. The Balaban J connectivity index is 2.88. The van der Waals surface area contributed by atoms with Crippen LogP contribution in [-0.2, 0) is 36.0 Å². The molecule has 2 atom stereocenters. The van der Waals surface area contributed by atoms with Crippen LogP contribution in [0.5, 0.6) is 0 Å². The number of carbonyl (C=O) groups is 2. The topological polar surface area (TPSA) is 65.1 Å². The number of methoxy groups -OCH3 is 1. The molecular formula is C16H22NO5V-. The zero-order chi connectivity index (χ0) is 17.6. The number of allylic oxidation sites excluding steroid dienone is 2. The second-order valence-corrected chi connectivity index (χ2v) is 6.50. The van der Waals surface area contributed by atoms with Gasteiger partial charge in [-0.05, 0) is 0 Å². The zero-order valence-corrected chi connectivity index (χ0v) is 15.2. The van der Waals surface area contributed by atoms with Gasteiger partial charge < -0.3 is 0 Å². The van der Waals surface area contributed by atoms with Gasteiger partial charge in [0.05, 0.1) is 0 Å². The molecule has 0 bridgehead atoms. The van der Waals surface area contributed by atoms with Gasteiger partial charge >= 0.3 is 146 Å². The van der Waals surface area contributed by atoms with Crippen LogP contribution in [0.3, 0.4) is 0 Å². The van der Waals surface area contributed by atoms with Crippen molar-refractivity contribution in [2.45, 2.75) is 44.9 Å². The Bertz CT molecular complexity index is 509. The minimum absolute atomic E-state index is 0.221. The summed E-state index contributed by atoms with van der Waals surface area (Å²) >= 11 is 2.27. The van der Waals surface area contributed by atoms with Gasteiger partial charge in [-0.25, -0.2) is 0 Å². The molecule has 0 unspecified atom stereocenters. The SMILES string of the molecule is [CH-]=C/C(=C\[CH]=[V])O[C@@H]1C[C@@H](C(=O)OC)N(C(=O)OC(C)(C)C)C1. The number of hydrogen-bond donors (Lipinski definition) is 0. The standard InChI is InChI=1S/C16H22NO5.V/c1-7-11(8-2)21-12-9-13(14(18)20-6)17(10-12)15(19)22-16(3,4)5;/h1-2,7-8,12-13H,9-10H2,3-6H3;/q-1;/b11-7+;/t12-,13+;/m1./s1. The fourth-order valence-electron chi connectivity index (χ4n) is 2.16. The van der Waals surface area contributed by atoms with E-state index in [9.17, 15) is 9.59 Å². The Kier molecular flexibility index (Phi) is 7.10. The number of carbonyl (C=O) groups excluding carboxylic acids is 2. The predicted octanol–water partition coefficient (Wildman–Crippen LogP) is 1.78. The van der Waals surface area contributed by atoms with Crippen molar-refractivity contribution in [2.75, 3.05) is 13.7 Å². The average molecular weight is 359 g/mol. The fraction of sp³-hybridized carbons (Fsp3) is 0.562. The van der Waals surface area contributed by atoms with E-state index in [2.05, 4.69) is 17.0 Å². The number of ether oxygens (including phenoxy) is 3. The molecule has 127 valence electrons. The molecule has 1 saturated heterocycles. The van der Waals surface area contributed by atoms with Crippen LogP contribution in [0, 0.1) is 6.58 Å². The molecule has 0 N–H and O–H groups in total. The van der Waals surface area contributed by atoms with E-state index < -0.39 is 23.7 Å². The van der Waals surface area contributed by atoms with Crippen molar-refractivity contribution in [3.05, 3.63) is 24.5 Å². The van der Waals surface area contributed by atoms with E-state index >= 15 is 0 Å². The zero-order valence-electron chi connectivity index (χ0n) is 13.8. The Morgan fingerprint density at radius 1 is 1.35 bits per heavy atom. The Morgan fingerprint density at radius 3 is 2.48 bits per heavy atom. The summed E-state index contributed by atoms with van der Waals surface area (Å²) < 4.78 is 17.6. The van der Waals surface area contributed by atoms with E-state index in [1.54, 1.807) is 31.6 Å². The molecular weight excluding hydrogens is 337 g/mol. The summed E-state index contributed by atoms with van der Waals surface area (Å²) in [5.41, 5.74) is -0.651. The summed E-state index contributed by atoms with van der Waals surface area (Å²) in [5.74, 6) is -0.0341. The maximum atomic E-state index is 12.3. The summed E-state index contributed by atoms with van der Waals surface area (Å²) in [6.07, 6.45) is 2.39. The molecule has 0 saturated carbocycles. The first kappa shape index (κ1) is 19.5. The van der Waals surface area contributed by atoms with E-state index in [4.69, 9.17) is 20.8 Å². The van der Waals surface area contributed by atoms with Crippen LogP contribution in [0.2, 0.25) is 0 Å². The quantitative estimate of drug-likeness (QED) is 0.324. The monoisotopic (exact) mass is 359 g/mol. The van der Waals surface area contributed by atoms with E-state index in [0.717, 1.165) is 0 Å². The molecule has 1 amide bonds. The van der Waals surface area contributed by atoms with Gasteiger partial charge in [-0.15, -0.1) is 0 Å². The van der Waals surface area contributed by atoms with Crippen molar-refractivity contribution in [1.29, 1.82) is 0 Å². The molecule has 0 aliphatic carbocycles. The number of rotatable bonds is 5. The summed E-state index contributed by atoms with van der Waals surface area (Å²) in [6, 6.07) is -0.736. The van der Waals surface area contributed by atoms with Crippen molar-refractivity contribution in [3.8, 4) is 0 Å². The van der Waals surface area contributed by atoms with E-state index in [1.165, 1.54) is 18.1 Å². The van der Waals surface area contributed by atoms with Crippen LogP contribution in [0.15, 0.2) is 17.9 Å². The molecule has 0 radical (unpaired) electrons. The normalized spacial score (nSPS) is 21.5. The molecule has 1 rings (SSSR count). The first-order valence-corrected chi connectivity index (χ1v) is 7.99. The third-order valence-corrected chi connectivity index (χ3v) is 3.30. The molecule has 1 aliphatic rings. The first-order valence-electron chi connectivity index (χ1n) is 7.18. The second-order valence-electron chi connectivity index (χ2n) is 6.03. The number of likely N-dealkylation sites (tertiary alicyclic amines) is 1. The minimum atomic E-state index is -0.736. The van der Waals surface area contributed by atoms with E-state index in [-0.39, 0.29) is 12.6 Å². The van der Waals surface area contributed by atoms with Crippen molar-refractivity contribution >= 4 is 16.8 Å². The van der Waals surface area contributed by atoms with Gasteiger partial charge in [0, 0.05) is 0 Å². The average Bonchev–Trinajstić information content (AvgIpc) is 2.88. The van der Waals surface area contributed by atoms with Crippen LogP contribution < -0.4 is 0 Å². The predicted molar refractivity (Wildman–Crippen MR) is 81.3 cm³/mol. The van der Waals surface area contributed by atoms with Crippen LogP contribution in [-0.4, -0.2) is 53.1 Å². The fourth-order valence-corrected chi connectivity index (χ4v) is 2.39. The van der Waals surface area contributed by atoms with E-state index in [1.807, 2.05) is 0 Å². The number of hydrogen-bond acceptors (Lipinski definition) is 5. The maximum absolute atomic E-state index is 12.3. The van der Waals surface area contributed by atoms with Crippen LogP contribution in [0.25, 0.3) is 0 Å². The summed E-state index contributed by atoms with van der Waals surface area (Å²) in [5, 5.41) is 0. The number of nitrogens with zero attached hydrogens (tertiary/aromatic N) is 1. The van der Waals surface area contributed by atoms with Crippen LogP contribution in [0.4, 0.5) is 4.79 Å². The van der Waals surface area contributed by atoms with Gasteiger partial charge in [0.2, 0.25) is 0 Å². The summed E-state index contributed by atoms with van der Waals surface area (Å²) in [6.45, 7) is 11.0. The third kappa shape index (κ3) is 5.88. The molecule has 0 aromatic heterocycles. The van der Waals surface area contributed by atoms with Gasteiger partial charge in [0.15, 0.2) is 0 Å². The van der Waals surface area contributed by atoms with Crippen molar-refractivity contribution < 1.29 is 40.8 Å². The van der Waals surface area contributed by atoms with Crippen molar-refractivity contribution in [3.63, 3.8) is 0 Å². The van der Waals surface area contributed by atoms with Gasteiger partial charge in [-0.3, -0.25) is 0 Å². The Morgan fingerprint density at radius 2 is 2.00 bits per heavy atom. The van der Waals surface area contributed by atoms with Crippen molar-refractivity contribution in [2.24, 2.45) is 0 Å². The number of esters is 1. The molecule has 7 heteroatoms. The number of amides is 1. The first-order chi connectivity index (χ1) is 10.7. The van der Waals surface area contributed by atoms with Crippen molar-refractivity contribution in [1.82, 2.24) is 4.90 Å². The van der Waals surface area contributed by atoms with Gasteiger partial charge in [0.1, 0.15) is 0 Å². The Labute approximate surface area is 145 Å². The van der Waals surface area contributed by atoms with Gasteiger partial charge in [-0.2, -0.15) is 0 Å².